The molecule has 0 fully saturated rings. The molecule has 0 bridgehead atoms. The number of hydrogen-bond acceptors (Lipinski definition) is 5. The van der Waals surface area contributed by atoms with E-state index in [0.717, 1.165) is 12.1 Å². The summed E-state index contributed by atoms with van der Waals surface area (Å²) in [5.41, 5.74) is 1.08. The number of amides is 1. The second-order valence-electron chi connectivity index (χ2n) is 5.54. The molecule has 1 amide bonds. The van der Waals surface area contributed by atoms with Crippen molar-refractivity contribution in [2.75, 3.05) is 33.4 Å². The van der Waals surface area contributed by atoms with Gasteiger partial charge in [-0.25, -0.2) is 13.1 Å². The summed E-state index contributed by atoms with van der Waals surface area (Å²) in [4.78, 5) is 12.4. The highest BCUT2D eigenvalue weighted by Crippen LogP contribution is 2.15. The summed E-state index contributed by atoms with van der Waals surface area (Å²) in [7, 11) is -2.17. The van der Waals surface area contributed by atoms with Crippen LogP contribution in [0.4, 0.5) is 0 Å². The van der Waals surface area contributed by atoms with Crippen LogP contribution < -0.4 is 15.4 Å². The van der Waals surface area contributed by atoms with E-state index >= 15 is 0 Å². The van der Waals surface area contributed by atoms with Gasteiger partial charge in [0.25, 0.3) is 5.91 Å². The van der Waals surface area contributed by atoms with Crippen molar-refractivity contribution in [1.29, 1.82) is 0 Å². The fraction of sp³-hybridized carbons (Fsp3) is 0.562. The minimum Gasteiger partial charge on any atom is -0.383 e. The summed E-state index contributed by atoms with van der Waals surface area (Å²) in [6, 6.07) is 4.66. The number of carbonyl (C=O) groups is 1. The van der Waals surface area contributed by atoms with Crippen LogP contribution in [0.5, 0.6) is 0 Å². The van der Waals surface area contributed by atoms with Gasteiger partial charge in [-0.1, -0.05) is 13.0 Å². The Morgan fingerprint density at radius 1 is 1.33 bits per heavy atom. The highest BCUT2D eigenvalue weighted by atomic mass is 32.2. The van der Waals surface area contributed by atoms with Crippen molar-refractivity contribution in [2.24, 2.45) is 0 Å². The van der Waals surface area contributed by atoms with Gasteiger partial charge in [-0.2, -0.15) is 0 Å². The van der Waals surface area contributed by atoms with Crippen LogP contribution in [0.1, 0.15) is 29.8 Å². The summed E-state index contributed by atoms with van der Waals surface area (Å²) >= 11 is 0. The third kappa shape index (κ3) is 6.20. The van der Waals surface area contributed by atoms with Gasteiger partial charge in [0.2, 0.25) is 10.0 Å². The SMILES string of the molecule is CCN[C@H](C)CNC(=O)c1cc(S(=O)(=O)NCCOC)ccc1C. The number of benzene rings is 1. The van der Waals surface area contributed by atoms with E-state index in [4.69, 9.17) is 4.74 Å². The standard InChI is InChI=1S/C16H27N3O4S/c1-5-17-13(3)11-18-16(20)15-10-14(7-6-12(15)2)24(21,22)19-8-9-23-4/h6-7,10,13,17,19H,5,8-9,11H2,1-4H3,(H,18,20)/t13-/m1/s1. The Hall–Kier alpha value is -1.48. The molecule has 0 saturated carbocycles. The number of carbonyl (C=O) groups excluding carboxylic acids is 1. The summed E-state index contributed by atoms with van der Waals surface area (Å²) in [6.45, 7) is 7.48. The molecule has 8 heteroatoms. The molecule has 0 aromatic heterocycles. The molecular weight excluding hydrogens is 330 g/mol. The topological polar surface area (TPSA) is 96.5 Å². The first-order valence-electron chi connectivity index (χ1n) is 7.92. The molecule has 0 saturated heterocycles. The molecule has 1 aromatic rings. The van der Waals surface area contributed by atoms with Crippen molar-refractivity contribution in [2.45, 2.75) is 31.7 Å². The van der Waals surface area contributed by atoms with Crippen LogP contribution in [-0.2, 0) is 14.8 Å². The van der Waals surface area contributed by atoms with Crippen molar-refractivity contribution >= 4 is 15.9 Å². The lowest BCUT2D eigenvalue weighted by Gasteiger charge is -2.15. The minimum absolute atomic E-state index is 0.0640. The molecule has 0 radical (unpaired) electrons. The molecule has 136 valence electrons. The zero-order chi connectivity index (χ0) is 18.2. The Kier molecular flexibility index (Phi) is 8.34. The largest absolute Gasteiger partial charge is 0.383 e. The zero-order valence-electron chi connectivity index (χ0n) is 14.7. The Morgan fingerprint density at radius 2 is 2.04 bits per heavy atom. The number of likely N-dealkylation sites (N-methyl/N-ethyl adjacent to an activating group) is 1. The predicted molar refractivity (Wildman–Crippen MR) is 93.7 cm³/mol. The van der Waals surface area contributed by atoms with Crippen molar-refractivity contribution in [3.8, 4) is 0 Å². The Morgan fingerprint density at radius 3 is 2.67 bits per heavy atom. The molecule has 0 unspecified atom stereocenters. The maximum atomic E-state index is 12.3. The smallest absolute Gasteiger partial charge is 0.251 e. The highest BCUT2D eigenvalue weighted by molar-refractivity contribution is 7.89. The monoisotopic (exact) mass is 357 g/mol. The molecule has 24 heavy (non-hydrogen) atoms. The molecule has 1 atom stereocenters. The number of nitrogens with one attached hydrogen (secondary N) is 3. The molecule has 0 aliphatic rings. The molecule has 0 aliphatic carbocycles. The quantitative estimate of drug-likeness (QED) is 0.534. The van der Waals surface area contributed by atoms with Crippen LogP contribution in [0, 0.1) is 6.92 Å². The van der Waals surface area contributed by atoms with Crippen molar-refractivity contribution in [3.63, 3.8) is 0 Å². The number of methoxy groups -OCH3 is 1. The second-order valence-corrected chi connectivity index (χ2v) is 7.30. The third-order valence-electron chi connectivity index (χ3n) is 3.48. The maximum absolute atomic E-state index is 12.3. The van der Waals surface area contributed by atoms with E-state index in [9.17, 15) is 13.2 Å². The molecule has 1 rings (SSSR count). The van der Waals surface area contributed by atoms with Crippen molar-refractivity contribution in [3.05, 3.63) is 29.3 Å². The number of aryl methyl sites for hydroxylation is 1. The number of hydrogen-bond donors (Lipinski definition) is 3. The second kappa shape index (κ2) is 9.73. The normalized spacial score (nSPS) is 12.8. The van der Waals surface area contributed by atoms with Gasteiger partial charge in [0.05, 0.1) is 11.5 Å². The Labute approximate surface area is 144 Å². The fourth-order valence-corrected chi connectivity index (χ4v) is 3.17. The Balaban J connectivity index is 2.87. The van der Waals surface area contributed by atoms with Gasteiger partial charge < -0.3 is 15.4 Å². The molecule has 0 heterocycles. The van der Waals surface area contributed by atoms with Crippen LogP contribution in [0.15, 0.2) is 23.1 Å². The third-order valence-corrected chi connectivity index (χ3v) is 4.94. The Bertz CT molecular complexity index is 647. The van der Waals surface area contributed by atoms with Gasteiger partial charge in [0.1, 0.15) is 0 Å². The first kappa shape index (κ1) is 20.6. The van der Waals surface area contributed by atoms with E-state index in [-0.39, 0.29) is 30.0 Å². The molecule has 0 spiro atoms. The van der Waals surface area contributed by atoms with Gasteiger partial charge in [0.15, 0.2) is 0 Å². The first-order chi connectivity index (χ1) is 11.3. The molecule has 3 N–H and O–H groups in total. The summed E-state index contributed by atoms with van der Waals surface area (Å²) in [5, 5.41) is 6.02. The van der Waals surface area contributed by atoms with Gasteiger partial charge >= 0.3 is 0 Å². The van der Waals surface area contributed by atoms with Gasteiger partial charge in [-0.05, 0) is 38.1 Å². The average molecular weight is 357 g/mol. The van der Waals surface area contributed by atoms with E-state index in [1.165, 1.54) is 19.2 Å². The minimum atomic E-state index is -3.67. The number of sulfonamides is 1. The van der Waals surface area contributed by atoms with Crippen LogP contribution in [-0.4, -0.2) is 53.7 Å². The van der Waals surface area contributed by atoms with Crippen LogP contribution >= 0.6 is 0 Å². The molecule has 7 nitrogen and oxygen atoms in total. The molecule has 1 aromatic carbocycles. The van der Waals surface area contributed by atoms with E-state index in [0.29, 0.717) is 12.1 Å². The lowest BCUT2D eigenvalue weighted by Crippen LogP contribution is -2.39. The van der Waals surface area contributed by atoms with Crippen molar-refractivity contribution < 1.29 is 17.9 Å². The van der Waals surface area contributed by atoms with Crippen LogP contribution in [0.3, 0.4) is 0 Å². The van der Waals surface area contributed by atoms with Crippen LogP contribution in [0.2, 0.25) is 0 Å². The van der Waals surface area contributed by atoms with Gasteiger partial charge in [-0.3, -0.25) is 4.79 Å². The van der Waals surface area contributed by atoms with E-state index in [1.54, 1.807) is 13.0 Å². The lowest BCUT2D eigenvalue weighted by molar-refractivity contribution is 0.0949. The van der Waals surface area contributed by atoms with E-state index < -0.39 is 10.0 Å². The molecular formula is C16H27N3O4S. The van der Waals surface area contributed by atoms with Crippen LogP contribution in [0.25, 0.3) is 0 Å². The first-order valence-corrected chi connectivity index (χ1v) is 9.41. The predicted octanol–water partition coefficient (Wildman–Crippen LogP) is 0.648. The highest BCUT2D eigenvalue weighted by Gasteiger charge is 2.18. The zero-order valence-corrected chi connectivity index (χ0v) is 15.5. The average Bonchev–Trinajstić information content (AvgIpc) is 2.53. The van der Waals surface area contributed by atoms with E-state index in [1.807, 2.05) is 13.8 Å². The van der Waals surface area contributed by atoms with Gasteiger partial charge in [0, 0.05) is 31.8 Å². The fourth-order valence-electron chi connectivity index (χ4n) is 2.14. The maximum Gasteiger partial charge on any atom is 0.251 e. The van der Waals surface area contributed by atoms with Crippen molar-refractivity contribution in [1.82, 2.24) is 15.4 Å². The summed E-state index contributed by atoms with van der Waals surface area (Å²) in [5.74, 6) is -0.286. The van der Waals surface area contributed by atoms with Gasteiger partial charge in [-0.15, -0.1) is 0 Å². The lowest BCUT2D eigenvalue weighted by atomic mass is 10.1. The molecule has 0 aliphatic heterocycles. The number of rotatable bonds is 10. The summed E-state index contributed by atoms with van der Waals surface area (Å²) < 4.78 is 31.7. The van der Waals surface area contributed by atoms with E-state index in [2.05, 4.69) is 15.4 Å². The number of ether oxygens (including phenoxy) is 1. The summed E-state index contributed by atoms with van der Waals surface area (Å²) in [6.07, 6.45) is 0.